The van der Waals surface area contributed by atoms with Gasteiger partial charge in [0.25, 0.3) is 0 Å². The third-order valence-corrected chi connectivity index (χ3v) is 3.26. The molecule has 2 aromatic carbocycles. The van der Waals surface area contributed by atoms with Gasteiger partial charge in [-0.1, -0.05) is 6.07 Å². The highest BCUT2D eigenvalue weighted by Crippen LogP contribution is 2.22. The van der Waals surface area contributed by atoms with Crippen molar-refractivity contribution < 1.29 is 9.13 Å². The molecule has 5 nitrogen and oxygen atoms in total. The summed E-state index contributed by atoms with van der Waals surface area (Å²) in [5, 5.41) is 6.25. The summed E-state index contributed by atoms with van der Waals surface area (Å²) in [6.07, 6.45) is 1.58. The quantitative estimate of drug-likeness (QED) is 0.670. The molecule has 0 saturated heterocycles. The molecule has 3 aromatic rings. The first-order valence-electron chi connectivity index (χ1n) is 7.97. The van der Waals surface area contributed by atoms with Gasteiger partial charge < -0.3 is 15.4 Å². The number of nitrogens with one attached hydrogen (secondary N) is 2. The first-order valence-corrected chi connectivity index (χ1v) is 7.97. The smallest absolute Gasteiger partial charge is 0.135 e. The molecule has 0 saturated carbocycles. The summed E-state index contributed by atoms with van der Waals surface area (Å²) in [5.41, 5.74) is 1.51. The highest BCUT2D eigenvalue weighted by atomic mass is 19.1. The second-order valence-electron chi connectivity index (χ2n) is 5.74. The van der Waals surface area contributed by atoms with Gasteiger partial charge in [0.15, 0.2) is 0 Å². The summed E-state index contributed by atoms with van der Waals surface area (Å²) < 4.78 is 18.9. The average molecular weight is 338 g/mol. The molecule has 25 heavy (non-hydrogen) atoms. The number of anilines is 4. The van der Waals surface area contributed by atoms with Gasteiger partial charge in [-0.2, -0.15) is 0 Å². The molecule has 0 aliphatic heterocycles. The Hall–Kier alpha value is -3.15. The Bertz CT molecular complexity index is 837. The molecule has 0 aliphatic rings. The minimum absolute atomic E-state index is 0.136. The summed E-state index contributed by atoms with van der Waals surface area (Å²) in [7, 11) is 0. The number of benzene rings is 2. The van der Waals surface area contributed by atoms with E-state index in [2.05, 4.69) is 20.6 Å². The lowest BCUT2D eigenvalue weighted by Gasteiger charge is -2.11. The lowest BCUT2D eigenvalue weighted by Crippen LogP contribution is -2.05. The van der Waals surface area contributed by atoms with Crippen molar-refractivity contribution in [1.82, 2.24) is 9.97 Å². The van der Waals surface area contributed by atoms with Crippen LogP contribution in [0.2, 0.25) is 0 Å². The second kappa shape index (κ2) is 7.61. The molecule has 0 unspecified atom stereocenters. The Morgan fingerprint density at radius 2 is 1.56 bits per heavy atom. The molecule has 1 aromatic heterocycles. The normalized spacial score (nSPS) is 10.6. The zero-order chi connectivity index (χ0) is 17.6. The standard InChI is InChI=1S/C19H19FN4O/c1-13(2)25-17-8-6-15(7-9-17)23-18-11-19(22-12-21-18)24-16-5-3-4-14(20)10-16/h3-13H,1-2H3,(H2,21,22,23,24). The van der Waals surface area contributed by atoms with Gasteiger partial charge in [0.2, 0.25) is 0 Å². The fraction of sp³-hybridized carbons (Fsp3) is 0.158. The van der Waals surface area contributed by atoms with E-state index in [4.69, 9.17) is 4.74 Å². The number of hydrogen-bond donors (Lipinski definition) is 2. The molecule has 0 radical (unpaired) electrons. The van der Waals surface area contributed by atoms with Crippen molar-refractivity contribution in [3.63, 3.8) is 0 Å². The van der Waals surface area contributed by atoms with Crippen molar-refractivity contribution in [2.75, 3.05) is 10.6 Å². The van der Waals surface area contributed by atoms with Crippen LogP contribution in [0.15, 0.2) is 60.9 Å². The van der Waals surface area contributed by atoms with E-state index in [-0.39, 0.29) is 11.9 Å². The van der Waals surface area contributed by atoms with Crippen LogP contribution in [0.25, 0.3) is 0 Å². The van der Waals surface area contributed by atoms with Crippen LogP contribution in [0.4, 0.5) is 27.4 Å². The summed E-state index contributed by atoms with van der Waals surface area (Å²) in [4.78, 5) is 8.35. The molecular formula is C19H19FN4O. The van der Waals surface area contributed by atoms with E-state index in [0.717, 1.165) is 11.4 Å². The van der Waals surface area contributed by atoms with Crippen molar-refractivity contribution in [2.24, 2.45) is 0 Å². The van der Waals surface area contributed by atoms with Gasteiger partial charge in [0, 0.05) is 17.4 Å². The molecule has 0 amide bonds. The first kappa shape index (κ1) is 16.7. The van der Waals surface area contributed by atoms with Gasteiger partial charge in [-0.3, -0.25) is 0 Å². The Kier molecular flexibility index (Phi) is 5.09. The van der Waals surface area contributed by atoms with E-state index in [1.54, 1.807) is 18.2 Å². The van der Waals surface area contributed by atoms with Crippen LogP contribution in [0, 0.1) is 5.82 Å². The Morgan fingerprint density at radius 3 is 2.20 bits per heavy atom. The molecule has 0 atom stereocenters. The fourth-order valence-electron chi connectivity index (χ4n) is 2.25. The minimum Gasteiger partial charge on any atom is -0.491 e. The molecule has 128 valence electrons. The zero-order valence-electron chi connectivity index (χ0n) is 14.0. The van der Waals surface area contributed by atoms with E-state index in [1.807, 2.05) is 38.1 Å². The largest absolute Gasteiger partial charge is 0.491 e. The van der Waals surface area contributed by atoms with Crippen LogP contribution < -0.4 is 15.4 Å². The van der Waals surface area contributed by atoms with Gasteiger partial charge in [-0.15, -0.1) is 0 Å². The predicted octanol–water partition coefficient (Wildman–Crippen LogP) is 4.89. The third-order valence-electron chi connectivity index (χ3n) is 3.26. The molecule has 3 rings (SSSR count). The number of halogens is 1. The van der Waals surface area contributed by atoms with Crippen molar-refractivity contribution in [2.45, 2.75) is 20.0 Å². The lowest BCUT2D eigenvalue weighted by molar-refractivity contribution is 0.242. The Labute approximate surface area is 145 Å². The average Bonchev–Trinajstić information content (AvgIpc) is 2.57. The molecule has 6 heteroatoms. The van der Waals surface area contributed by atoms with Crippen molar-refractivity contribution in [1.29, 1.82) is 0 Å². The van der Waals surface area contributed by atoms with Gasteiger partial charge in [-0.05, 0) is 56.3 Å². The Balaban J connectivity index is 1.69. The van der Waals surface area contributed by atoms with Crippen molar-refractivity contribution in [3.05, 3.63) is 66.7 Å². The summed E-state index contributed by atoms with van der Waals surface area (Å²) >= 11 is 0. The number of aromatic nitrogens is 2. The molecule has 0 aliphatic carbocycles. The topological polar surface area (TPSA) is 59.1 Å². The van der Waals surface area contributed by atoms with E-state index in [1.165, 1.54) is 18.5 Å². The Morgan fingerprint density at radius 1 is 0.880 bits per heavy atom. The zero-order valence-corrected chi connectivity index (χ0v) is 14.0. The molecule has 0 spiro atoms. The van der Waals surface area contributed by atoms with Gasteiger partial charge >= 0.3 is 0 Å². The van der Waals surface area contributed by atoms with Crippen LogP contribution in [0.5, 0.6) is 5.75 Å². The molecule has 2 N–H and O–H groups in total. The van der Waals surface area contributed by atoms with Gasteiger partial charge in [0.1, 0.15) is 29.5 Å². The third kappa shape index (κ3) is 4.91. The van der Waals surface area contributed by atoms with E-state index in [9.17, 15) is 4.39 Å². The van der Waals surface area contributed by atoms with E-state index >= 15 is 0 Å². The molecule has 0 bridgehead atoms. The summed E-state index contributed by atoms with van der Waals surface area (Å²) in [6.45, 7) is 3.97. The molecule has 0 fully saturated rings. The molecular weight excluding hydrogens is 319 g/mol. The fourth-order valence-corrected chi connectivity index (χ4v) is 2.25. The van der Waals surface area contributed by atoms with Crippen LogP contribution in [-0.4, -0.2) is 16.1 Å². The second-order valence-corrected chi connectivity index (χ2v) is 5.74. The summed E-state index contributed by atoms with van der Waals surface area (Å²) in [5.74, 6) is 1.71. The number of ether oxygens (including phenoxy) is 1. The van der Waals surface area contributed by atoms with Crippen LogP contribution in [-0.2, 0) is 0 Å². The van der Waals surface area contributed by atoms with E-state index in [0.29, 0.717) is 17.3 Å². The number of rotatable bonds is 6. The monoisotopic (exact) mass is 338 g/mol. The van der Waals surface area contributed by atoms with Gasteiger partial charge in [0.05, 0.1) is 6.10 Å². The van der Waals surface area contributed by atoms with E-state index < -0.39 is 0 Å². The summed E-state index contributed by atoms with van der Waals surface area (Å²) in [6, 6.07) is 15.6. The predicted molar refractivity (Wildman–Crippen MR) is 97.2 cm³/mol. The maximum atomic E-state index is 13.3. The molecule has 1 heterocycles. The lowest BCUT2D eigenvalue weighted by atomic mass is 10.3. The number of nitrogens with zero attached hydrogens (tertiary/aromatic N) is 2. The highest BCUT2D eigenvalue weighted by Gasteiger charge is 2.03. The van der Waals surface area contributed by atoms with Crippen LogP contribution in [0.1, 0.15) is 13.8 Å². The van der Waals surface area contributed by atoms with Crippen LogP contribution >= 0.6 is 0 Å². The minimum atomic E-state index is -0.305. The number of hydrogen-bond acceptors (Lipinski definition) is 5. The maximum absolute atomic E-state index is 13.3. The SMILES string of the molecule is CC(C)Oc1ccc(Nc2cc(Nc3cccc(F)c3)ncn2)cc1. The van der Waals surface area contributed by atoms with Crippen molar-refractivity contribution >= 4 is 23.0 Å². The highest BCUT2D eigenvalue weighted by molar-refractivity contribution is 5.63. The van der Waals surface area contributed by atoms with Crippen LogP contribution in [0.3, 0.4) is 0 Å². The van der Waals surface area contributed by atoms with Crippen molar-refractivity contribution in [3.8, 4) is 5.75 Å². The maximum Gasteiger partial charge on any atom is 0.135 e. The van der Waals surface area contributed by atoms with Gasteiger partial charge in [-0.25, -0.2) is 14.4 Å². The first-order chi connectivity index (χ1) is 12.1.